The van der Waals surface area contributed by atoms with E-state index in [4.69, 9.17) is 4.74 Å². The molecule has 186 valence electrons. The number of hydrogen-bond donors (Lipinski definition) is 3. The molecule has 0 saturated heterocycles. The van der Waals surface area contributed by atoms with E-state index in [1.165, 1.54) is 25.7 Å². The highest BCUT2D eigenvalue weighted by Crippen LogP contribution is 2.09. The molecule has 0 bridgehead atoms. The Labute approximate surface area is 197 Å². The van der Waals surface area contributed by atoms with E-state index in [1.54, 1.807) is 25.7 Å². The van der Waals surface area contributed by atoms with Gasteiger partial charge in [-0.15, -0.1) is 0 Å². The molecule has 32 heavy (non-hydrogen) atoms. The quantitative estimate of drug-likeness (QED) is 0.353. The number of likely N-dealkylation sites (N-methyl/N-ethyl adjacent to an activating group) is 1. The number of amides is 4. The van der Waals surface area contributed by atoms with E-state index in [1.807, 2.05) is 0 Å². The molecule has 3 N–H and O–H groups in total. The molecule has 0 spiro atoms. The molecule has 1 unspecified atom stereocenters. The third kappa shape index (κ3) is 15.8. The minimum atomic E-state index is -0.670. The highest BCUT2D eigenvalue weighted by Gasteiger charge is 2.23. The van der Waals surface area contributed by atoms with Crippen molar-refractivity contribution in [2.75, 3.05) is 32.4 Å². The maximum absolute atomic E-state index is 12.8. The zero-order valence-electron chi connectivity index (χ0n) is 20.7. The lowest BCUT2D eigenvalue weighted by Crippen LogP contribution is -2.51. The van der Waals surface area contributed by atoms with Gasteiger partial charge in [-0.1, -0.05) is 25.6 Å². The minimum Gasteiger partial charge on any atom is -0.444 e. The van der Waals surface area contributed by atoms with E-state index in [0.717, 1.165) is 6.42 Å². The standard InChI is InChI=1S/C22H42N4O5S/c1-16(2)11-13-26(14-15-32-17(3)27)20(29)25-18(19(28)23-7)10-8-9-12-24-21(30)31-22(4,5)6/h16,18H,8-15H2,1-7H3,(H,23,28)(H,24,30)(H,25,29). The van der Waals surface area contributed by atoms with Crippen LogP contribution < -0.4 is 16.0 Å². The van der Waals surface area contributed by atoms with Crippen molar-refractivity contribution in [3.8, 4) is 0 Å². The molecular formula is C22H42N4O5S. The van der Waals surface area contributed by atoms with Crippen molar-refractivity contribution < 1.29 is 23.9 Å². The molecule has 0 radical (unpaired) electrons. The van der Waals surface area contributed by atoms with E-state index >= 15 is 0 Å². The van der Waals surface area contributed by atoms with Gasteiger partial charge in [0.15, 0.2) is 5.12 Å². The Morgan fingerprint density at radius 1 is 1.03 bits per heavy atom. The molecule has 0 aliphatic carbocycles. The Hall–Kier alpha value is -1.97. The van der Waals surface area contributed by atoms with Gasteiger partial charge in [-0.3, -0.25) is 9.59 Å². The molecule has 0 saturated carbocycles. The van der Waals surface area contributed by atoms with Crippen LogP contribution in [0.1, 0.15) is 67.2 Å². The van der Waals surface area contributed by atoms with Gasteiger partial charge in [0.2, 0.25) is 5.91 Å². The van der Waals surface area contributed by atoms with E-state index in [2.05, 4.69) is 29.8 Å². The number of rotatable bonds is 13. The van der Waals surface area contributed by atoms with Gasteiger partial charge in [-0.25, -0.2) is 9.59 Å². The van der Waals surface area contributed by atoms with Crippen LogP contribution in [0.15, 0.2) is 0 Å². The topological polar surface area (TPSA) is 117 Å². The van der Waals surface area contributed by atoms with E-state index in [0.29, 0.717) is 50.6 Å². The second-order valence-electron chi connectivity index (χ2n) is 9.05. The molecule has 0 heterocycles. The number of urea groups is 1. The number of ether oxygens (including phenoxy) is 1. The number of carbonyl (C=O) groups is 4. The molecule has 0 aliphatic rings. The van der Waals surface area contributed by atoms with Gasteiger partial charge in [0.25, 0.3) is 0 Å². The number of alkyl carbamates (subject to hydrolysis) is 1. The Morgan fingerprint density at radius 3 is 2.22 bits per heavy atom. The first kappa shape index (κ1) is 30.0. The largest absolute Gasteiger partial charge is 0.444 e. The van der Waals surface area contributed by atoms with Gasteiger partial charge in [-0.2, -0.15) is 0 Å². The molecule has 0 rings (SSSR count). The van der Waals surface area contributed by atoms with Crippen LogP contribution in [0.5, 0.6) is 0 Å². The maximum atomic E-state index is 12.8. The van der Waals surface area contributed by atoms with Gasteiger partial charge in [0.1, 0.15) is 11.6 Å². The Kier molecular flexibility index (Phi) is 14.8. The number of thioether (sulfide) groups is 1. The highest BCUT2D eigenvalue weighted by molar-refractivity contribution is 8.13. The van der Waals surface area contributed by atoms with Gasteiger partial charge in [0.05, 0.1) is 0 Å². The average Bonchev–Trinajstić information content (AvgIpc) is 2.66. The van der Waals surface area contributed by atoms with E-state index in [9.17, 15) is 19.2 Å². The third-order valence-electron chi connectivity index (χ3n) is 4.38. The van der Waals surface area contributed by atoms with Crippen molar-refractivity contribution in [3.05, 3.63) is 0 Å². The predicted molar refractivity (Wildman–Crippen MR) is 129 cm³/mol. The summed E-state index contributed by atoms with van der Waals surface area (Å²) in [7, 11) is 1.53. The van der Waals surface area contributed by atoms with Crippen LogP contribution in [0.2, 0.25) is 0 Å². The lowest BCUT2D eigenvalue weighted by Gasteiger charge is -2.26. The monoisotopic (exact) mass is 474 g/mol. The second kappa shape index (κ2) is 15.8. The molecule has 0 aromatic rings. The summed E-state index contributed by atoms with van der Waals surface area (Å²) in [5.74, 6) is 0.681. The first-order valence-electron chi connectivity index (χ1n) is 11.2. The Morgan fingerprint density at radius 2 is 1.69 bits per heavy atom. The fraction of sp³-hybridized carbons (Fsp3) is 0.818. The molecule has 9 nitrogen and oxygen atoms in total. The smallest absolute Gasteiger partial charge is 0.407 e. The van der Waals surface area contributed by atoms with Crippen LogP contribution in [-0.4, -0.2) is 72.1 Å². The molecule has 0 aliphatic heterocycles. The number of nitrogens with zero attached hydrogens (tertiary/aromatic N) is 1. The van der Waals surface area contributed by atoms with Crippen LogP contribution >= 0.6 is 11.8 Å². The summed E-state index contributed by atoms with van der Waals surface area (Å²) in [5, 5.41) is 8.12. The van der Waals surface area contributed by atoms with Crippen molar-refractivity contribution in [1.82, 2.24) is 20.9 Å². The van der Waals surface area contributed by atoms with Gasteiger partial charge in [-0.05, 0) is 52.4 Å². The number of carbonyl (C=O) groups excluding carboxylic acids is 4. The summed E-state index contributed by atoms with van der Waals surface area (Å²) in [4.78, 5) is 49.7. The lowest BCUT2D eigenvalue weighted by molar-refractivity contribution is -0.122. The normalized spacial score (nSPS) is 12.1. The van der Waals surface area contributed by atoms with Crippen LogP contribution in [-0.2, 0) is 14.3 Å². The van der Waals surface area contributed by atoms with Gasteiger partial charge < -0.3 is 25.6 Å². The molecule has 0 aromatic carbocycles. The zero-order chi connectivity index (χ0) is 24.7. The first-order chi connectivity index (χ1) is 14.9. The van der Waals surface area contributed by atoms with Crippen molar-refractivity contribution in [3.63, 3.8) is 0 Å². The van der Waals surface area contributed by atoms with Crippen LogP contribution in [0, 0.1) is 5.92 Å². The SMILES string of the molecule is CNC(=O)C(CCCCNC(=O)OC(C)(C)C)NC(=O)N(CCSC(C)=O)CCC(C)C. The average molecular weight is 475 g/mol. The fourth-order valence-corrected chi connectivity index (χ4v) is 3.29. The summed E-state index contributed by atoms with van der Waals surface area (Å²) in [5.41, 5.74) is -0.553. The third-order valence-corrected chi connectivity index (χ3v) is 5.17. The van der Waals surface area contributed by atoms with E-state index < -0.39 is 17.7 Å². The second-order valence-corrected chi connectivity index (χ2v) is 10.3. The number of unbranched alkanes of at least 4 members (excludes halogenated alkanes) is 1. The van der Waals surface area contributed by atoms with Crippen LogP contribution in [0.25, 0.3) is 0 Å². The Bertz CT molecular complexity index is 608. The maximum Gasteiger partial charge on any atom is 0.407 e. The molecular weight excluding hydrogens is 432 g/mol. The van der Waals surface area contributed by atoms with E-state index in [-0.39, 0.29) is 17.1 Å². The number of hydrogen-bond acceptors (Lipinski definition) is 6. The highest BCUT2D eigenvalue weighted by atomic mass is 32.2. The molecule has 4 amide bonds. The minimum absolute atomic E-state index is 0.0115. The molecule has 0 aromatic heterocycles. The zero-order valence-corrected chi connectivity index (χ0v) is 21.5. The summed E-state index contributed by atoms with van der Waals surface area (Å²) in [6.07, 6.45) is 2.09. The molecule has 1 atom stereocenters. The van der Waals surface area contributed by atoms with Crippen molar-refractivity contribution >= 4 is 34.9 Å². The summed E-state index contributed by atoms with van der Waals surface area (Å²) >= 11 is 1.18. The summed E-state index contributed by atoms with van der Waals surface area (Å²) in [6.45, 7) is 12.5. The van der Waals surface area contributed by atoms with Gasteiger partial charge >= 0.3 is 12.1 Å². The van der Waals surface area contributed by atoms with Crippen molar-refractivity contribution in [2.45, 2.75) is 78.9 Å². The number of nitrogens with one attached hydrogen (secondary N) is 3. The van der Waals surface area contributed by atoms with Crippen molar-refractivity contribution in [2.24, 2.45) is 5.92 Å². The van der Waals surface area contributed by atoms with Crippen molar-refractivity contribution in [1.29, 1.82) is 0 Å². The predicted octanol–water partition coefficient (Wildman–Crippen LogP) is 3.13. The lowest BCUT2D eigenvalue weighted by atomic mass is 10.1. The van der Waals surface area contributed by atoms with Crippen LogP contribution in [0.3, 0.4) is 0 Å². The van der Waals surface area contributed by atoms with Crippen LogP contribution in [0.4, 0.5) is 9.59 Å². The first-order valence-corrected chi connectivity index (χ1v) is 12.2. The summed E-state index contributed by atoms with van der Waals surface area (Å²) in [6, 6.07) is -0.980. The van der Waals surface area contributed by atoms with Gasteiger partial charge in [0, 0.05) is 39.4 Å². The fourth-order valence-electron chi connectivity index (χ4n) is 2.69. The molecule has 10 heteroatoms. The summed E-state index contributed by atoms with van der Waals surface area (Å²) < 4.78 is 5.19. The molecule has 0 fully saturated rings. The Balaban J connectivity index is 4.71.